The number of hydrogen-bond acceptors (Lipinski definition) is 2. The van der Waals surface area contributed by atoms with E-state index in [0.717, 1.165) is 18.5 Å². The molecular formula is C13H22N2S. The number of hydrogen-bond donors (Lipinski definition) is 1. The highest BCUT2D eigenvalue weighted by Crippen LogP contribution is 2.41. The van der Waals surface area contributed by atoms with Crippen molar-refractivity contribution < 1.29 is 0 Å². The molecule has 0 radical (unpaired) electrons. The van der Waals surface area contributed by atoms with Gasteiger partial charge in [-0.3, -0.25) is 4.99 Å². The number of rotatable bonds is 2. The lowest BCUT2D eigenvalue weighted by atomic mass is 9.71. The van der Waals surface area contributed by atoms with Crippen molar-refractivity contribution in [3.8, 4) is 0 Å². The first-order valence-corrected chi connectivity index (χ1v) is 7.68. The topological polar surface area (TPSA) is 24.4 Å². The molecule has 1 aliphatic heterocycles. The normalized spacial score (nSPS) is 38.9. The lowest BCUT2D eigenvalue weighted by molar-refractivity contribution is 0.174. The van der Waals surface area contributed by atoms with Crippen molar-refractivity contribution in [1.82, 2.24) is 5.32 Å². The number of amidine groups is 1. The Kier molecular flexibility index (Phi) is 2.90. The van der Waals surface area contributed by atoms with Gasteiger partial charge in [-0.25, -0.2) is 0 Å². The van der Waals surface area contributed by atoms with Crippen molar-refractivity contribution in [2.75, 3.05) is 12.3 Å². The summed E-state index contributed by atoms with van der Waals surface area (Å²) in [6, 6.07) is 0.745. The number of nitrogens with zero attached hydrogens (tertiary/aromatic N) is 1. The Hall–Kier alpha value is -0.180. The third-order valence-corrected chi connectivity index (χ3v) is 5.68. The Balaban J connectivity index is 1.56. The lowest BCUT2D eigenvalue weighted by Gasteiger charge is -2.37. The van der Waals surface area contributed by atoms with Crippen LogP contribution in [0.1, 0.15) is 45.4 Å². The molecule has 0 amide bonds. The van der Waals surface area contributed by atoms with Crippen LogP contribution in [0.5, 0.6) is 0 Å². The van der Waals surface area contributed by atoms with E-state index in [1.165, 1.54) is 49.4 Å². The number of thioether (sulfide) groups is 1. The molecule has 3 rings (SSSR count). The summed E-state index contributed by atoms with van der Waals surface area (Å²) < 4.78 is 0. The molecule has 3 aliphatic rings. The lowest BCUT2D eigenvalue weighted by Crippen LogP contribution is -2.42. The van der Waals surface area contributed by atoms with Crippen molar-refractivity contribution in [2.24, 2.45) is 16.3 Å². The molecule has 1 heterocycles. The van der Waals surface area contributed by atoms with Crippen LogP contribution in [0.25, 0.3) is 0 Å². The minimum Gasteiger partial charge on any atom is -0.362 e. The van der Waals surface area contributed by atoms with E-state index in [0.29, 0.717) is 5.41 Å². The zero-order valence-electron chi connectivity index (χ0n) is 10.2. The van der Waals surface area contributed by atoms with E-state index in [1.807, 2.05) is 11.8 Å². The van der Waals surface area contributed by atoms with Crippen LogP contribution < -0.4 is 5.32 Å². The molecule has 0 aromatic rings. The van der Waals surface area contributed by atoms with Gasteiger partial charge in [0.05, 0.1) is 0 Å². The first-order valence-electron chi connectivity index (χ1n) is 6.69. The highest BCUT2D eigenvalue weighted by molar-refractivity contribution is 8.13. The molecular weight excluding hydrogens is 216 g/mol. The molecule has 1 N–H and O–H groups in total. The molecule has 2 aliphatic carbocycles. The number of aliphatic imine (C=N–C) groups is 1. The SMILES string of the molecule is CC1(CN=C2NC3CCCC3CS2)CCC1. The highest BCUT2D eigenvalue weighted by Gasteiger charge is 2.34. The summed E-state index contributed by atoms with van der Waals surface area (Å²) in [6.45, 7) is 3.42. The van der Waals surface area contributed by atoms with Crippen LogP contribution in [-0.2, 0) is 0 Å². The predicted molar refractivity (Wildman–Crippen MR) is 71.0 cm³/mol. The van der Waals surface area contributed by atoms with Crippen LogP contribution >= 0.6 is 11.8 Å². The maximum Gasteiger partial charge on any atom is 0.156 e. The molecule has 1 saturated heterocycles. The summed E-state index contributed by atoms with van der Waals surface area (Å²) in [4.78, 5) is 4.81. The van der Waals surface area contributed by atoms with Gasteiger partial charge in [0.15, 0.2) is 5.17 Å². The largest absolute Gasteiger partial charge is 0.362 e. The second-order valence-corrected chi connectivity index (χ2v) is 7.05. The fraction of sp³-hybridized carbons (Fsp3) is 0.923. The van der Waals surface area contributed by atoms with E-state index < -0.39 is 0 Å². The Morgan fingerprint density at radius 2 is 2.25 bits per heavy atom. The molecule has 2 unspecified atom stereocenters. The van der Waals surface area contributed by atoms with Crippen LogP contribution in [0.4, 0.5) is 0 Å². The molecule has 0 bridgehead atoms. The fourth-order valence-electron chi connectivity index (χ4n) is 3.10. The van der Waals surface area contributed by atoms with E-state index >= 15 is 0 Å². The van der Waals surface area contributed by atoms with E-state index in [9.17, 15) is 0 Å². The van der Waals surface area contributed by atoms with Gasteiger partial charge in [-0.1, -0.05) is 31.5 Å². The second kappa shape index (κ2) is 4.25. The highest BCUT2D eigenvalue weighted by atomic mass is 32.2. The van der Waals surface area contributed by atoms with Gasteiger partial charge >= 0.3 is 0 Å². The van der Waals surface area contributed by atoms with E-state index in [1.54, 1.807) is 0 Å². The smallest absolute Gasteiger partial charge is 0.156 e. The first kappa shape index (κ1) is 10.9. The Morgan fingerprint density at radius 1 is 1.38 bits per heavy atom. The average Bonchev–Trinajstić information content (AvgIpc) is 2.70. The zero-order valence-corrected chi connectivity index (χ0v) is 11.0. The molecule has 2 atom stereocenters. The van der Waals surface area contributed by atoms with Gasteiger partial charge in [-0.15, -0.1) is 0 Å². The average molecular weight is 238 g/mol. The quantitative estimate of drug-likeness (QED) is 0.799. The maximum atomic E-state index is 4.81. The standard InChI is InChI=1S/C13H22N2S/c1-13(6-3-7-13)9-14-12-15-11-5-2-4-10(11)8-16-12/h10-11H,2-9H2,1H3,(H,14,15). The molecule has 2 saturated carbocycles. The van der Waals surface area contributed by atoms with E-state index in [-0.39, 0.29) is 0 Å². The van der Waals surface area contributed by atoms with Crippen molar-refractivity contribution in [3.05, 3.63) is 0 Å². The van der Waals surface area contributed by atoms with Crippen molar-refractivity contribution in [3.63, 3.8) is 0 Å². The van der Waals surface area contributed by atoms with Crippen molar-refractivity contribution >= 4 is 16.9 Å². The summed E-state index contributed by atoms with van der Waals surface area (Å²) in [5.74, 6) is 2.22. The molecule has 3 fully saturated rings. The van der Waals surface area contributed by atoms with Gasteiger partial charge in [0.2, 0.25) is 0 Å². The molecule has 0 aromatic heterocycles. The van der Waals surface area contributed by atoms with Crippen LogP contribution in [0.3, 0.4) is 0 Å². The molecule has 0 spiro atoms. The van der Waals surface area contributed by atoms with Gasteiger partial charge in [0.25, 0.3) is 0 Å². The summed E-state index contributed by atoms with van der Waals surface area (Å²) >= 11 is 1.95. The second-order valence-electron chi connectivity index (χ2n) is 6.04. The Bertz CT molecular complexity index is 296. The van der Waals surface area contributed by atoms with E-state index in [4.69, 9.17) is 4.99 Å². The van der Waals surface area contributed by atoms with Crippen LogP contribution in [-0.4, -0.2) is 23.5 Å². The number of nitrogens with one attached hydrogen (secondary N) is 1. The molecule has 90 valence electrons. The number of fused-ring (bicyclic) bond motifs is 1. The summed E-state index contributed by atoms with van der Waals surface area (Å²) in [6.07, 6.45) is 8.36. The van der Waals surface area contributed by atoms with Gasteiger partial charge in [-0.2, -0.15) is 0 Å². The minimum atomic E-state index is 0.530. The van der Waals surface area contributed by atoms with Crippen molar-refractivity contribution in [2.45, 2.75) is 51.5 Å². The zero-order chi connectivity index (χ0) is 11.0. The van der Waals surface area contributed by atoms with Gasteiger partial charge in [0, 0.05) is 18.3 Å². The summed E-state index contributed by atoms with van der Waals surface area (Å²) in [7, 11) is 0. The van der Waals surface area contributed by atoms with Crippen LogP contribution in [0, 0.1) is 11.3 Å². The predicted octanol–water partition coefficient (Wildman–Crippen LogP) is 3.04. The summed E-state index contributed by atoms with van der Waals surface area (Å²) in [5.41, 5.74) is 0.530. The van der Waals surface area contributed by atoms with Crippen LogP contribution in [0.15, 0.2) is 4.99 Å². The first-order chi connectivity index (χ1) is 7.75. The maximum absolute atomic E-state index is 4.81. The Morgan fingerprint density at radius 3 is 3.00 bits per heavy atom. The van der Waals surface area contributed by atoms with Gasteiger partial charge in [0.1, 0.15) is 0 Å². The minimum absolute atomic E-state index is 0.530. The van der Waals surface area contributed by atoms with E-state index in [2.05, 4.69) is 12.2 Å². The molecule has 2 nitrogen and oxygen atoms in total. The fourth-order valence-corrected chi connectivity index (χ4v) is 4.27. The molecule has 3 heteroatoms. The summed E-state index contributed by atoms with van der Waals surface area (Å²) in [5, 5.41) is 4.88. The van der Waals surface area contributed by atoms with Crippen LogP contribution in [0.2, 0.25) is 0 Å². The monoisotopic (exact) mass is 238 g/mol. The third-order valence-electron chi connectivity index (χ3n) is 4.57. The Labute approximate surface area is 103 Å². The van der Waals surface area contributed by atoms with Crippen molar-refractivity contribution in [1.29, 1.82) is 0 Å². The van der Waals surface area contributed by atoms with Gasteiger partial charge < -0.3 is 5.32 Å². The molecule has 16 heavy (non-hydrogen) atoms. The third kappa shape index (κ3) is 2.11. The van der Waals surface area contributed by atoms with Gasteiger partial charge in [-0.05, 0) is 37.0 Å². The molecule has 0 aromatic carbocycles.